The number of rotatable bonds is 4. The van der Waals surface area contributed by atoms with Crippen LogP contribution in [0.5, 0.6) is 0 Å². The summed E-state index contributed by atoms with van der Waals surface area (Å²) in [7, 11) is 1.76. The largest absolute Gasteiger partial charge is 0.344 e. The lowest BCUT2D eigenvalue weighted by atomic mass is 10.1. The van der Waals surface area contributed by atoms with Gasteiger partial charge in [-0.1, -0.05) is 30.3 Å². The highest BCUT2D eigenvalue weighted by atomic mass is 16.2. The Balaban J connectivity index is 1.78. The minimum Gasteiger partial charge on any atom is -0.344 e. The molecule has 1 aliphatic rings. The zero-order chi connectivity index (χ0) is 13.0. The lowest BCUT2D eigenvalue weighted by molar-refractivity contribution is -0.131. The summed E-state index contributed by atoms with van der Waals surface area (Å²) in [5, 5.41) is 2.80. The van der Waals surface area contributed by atoms with Crippen LogP contribution in [0.1, 0.15) is 18.4 Å². The van der Waals surface area contributed by atoms with Crippen LogP contribution in [0.4, 0.5) is 0 Å². The molecule has 2 rings (SSSR count). The van der Waals surface area contributed by atoms with Gasteiger partial charge in [-0.15, -0.1) is 0 Å². The molecular weight excluding hydrogens is 228 g/mol. The Hall–Kier alpha value is -1.84. The predicted molar refractivity (Wildman–Crippen MR) is 68.9 cm³/mol. The van der Waals surface area contributed by atoms with Gasteiger partial charge in [-0.05, 0) is 18.4 Å². The number of carbonyl (C=O) groups is 2. The minimum absolute atomic E-state index is 0.0167. The van der Waals surface area contributed by atoms with E-state index in [0.717, 1.165) is 12.1 Å². The smallest absolute Gasteiger partial charge is 0.244 e. The van der Waals surface area contributed by atoms with Crippen molar-refractivity contribution in [1.82, 2.24) is 10.2 Å². The molecule has 0 aromatic heterocycles. The summed E-state index contributed by atoms with van der Waals surface area (Å²) in [4.78, 5) is 25.0. The standard InChI is InChI=1S/C14H18N2O2/c1-16-10-9-12(14(16)18)15-13(17)8-7-11-5-3-2-4-6-11/h2-6,12H,7-10H2,1H3,(H,15,17). The molecule has 0 aliphatic carbocycles. The summed E-state index contributed by atoms with van der Waals surface area (Å²) in [5.41, 5.74) is 1.14. The summed E-state index contributed by atoms with van der Waals surface area (Å²) in [6.07, 6.45) is 1.85. The predicted octanol–water partition coefficient (Wildman–Crippen LogP) is 0.966. The van der Waals surface area contributed by atoms with E-state index >= 15 is 0 Å². The highest BCUT2D eigenvalue weighted by Crippen LogP contribution is 2.09. The van der Waals surface area contributed by atoms with Crippen LogP contribution in [0.2, 0.25) is 0 Å². The van der Waals surface area contributed by atoms with E-state index in [9.17, 15) is 9.59 Å². The summed E-state index contributed by atoms with van der Waals surface area (Å²) in [6.45, 7) is 0.725. The normalized spacial score (nSPS) is 19.1. The van der Waals surface area contributed by atoms with Crippen LogP contribution < -0.4 is 5.32 Å². The van der Waals surface area contributed by atoms with Crippen molar-refractivity contribution in [1.29, 1.82) is 0 Å². The topological polar surface area (TPSA) is 49.4 Å². The van der Waals surface area contributed by atoms with Gasteiger partial charge in [0.05, 0.1) is 0 Å². The van der Waals surface area contributed by atoms with Gasteiger partial charge in [-0.2, -0.15) is 0 Å². The fourth-order valence-electron chi connectivity index (χ4n) is 2.13. The first kappa shape index (κ1) is 12.6. The third-order valence-corrected chi connectivity index (χ3v) is 3.25. The first-order valence-electron chi connectivity index (χ1n) is 6.25. The Labute approximate surface area is 107 Å². The van der Waals surface area contributed by atoms with E-state index < -0.39 is 0 Å². The maximum atomic E-state index is 11.7. The van der Waals surface area contributed by atoms with Gasteiger partial charge in [-0.25, -0.2) is 0 Å². The van der Waals surface area contributed by atoms with Crippen LogP contribution in [0.3, 0.4) is 0 Å². The van der Waals surface area contributed by atoms with Crippen molar-refractivity contribution in [2.45, 2.75) is 25.3 Å². The maximum absolute atomic E-state index is 11.7. The average molecular weight is 246 g/mol. The molecule has 4 heteroatoms. The molecule has 1 saturated heterocycles. The number of nitrogens with zero attached hydrogens (tertiary/aromatic N) is 1. The van der Waals surface area contributed by atoms with Crippen LogP contribution in [0, 0.1) is 0 Å². The molecular formula is C14H18N2O2. The van der Waals surface area contributed by atoms with E-state index in [1.807, 2.05) is 30.3 Å². The molecule has 1 aromatic carbocycles. The second kappa shape index (κ2) is 5.67. The van der Waals surface area contributed by atoms with E-state index in [0.29, 0.717) is 19.3 Å². The molecule has 1 heterocycles. The molecule has 0 saturated carbocycles. The fourth-order valence-corrected chi connectivity index (χ4v) is 2.13. The number of likely N-dealkylation sites (N-methyl/N-ethyl adjacent to an activating group) is 1. The zero-order valence-electron chi connectivity index (χ0n) is 10.6. The van der Waals surface area contributed by atoms with E-state index in [2.05, 4.69) is 5.32 Å². The SMILES string of the molecule is CN1CCC(NC(=O)CCc2ccccc2)C1=O. The van der Waals surface area contributed by atoms with Gasteiger partial charge in [0.1, 0.15) is 6.04 Å². The highest BCUT2D eigenvalue weighted by molar-refractivity contribution is 5.89. The highest BCUT2D eigenvalue weighted by Gasteiger charge is 2.29. The number of nitrogens with one attached hydrogen (secondary N) is 1. The molecule has 1 unspecified atom stereocenters. The number of benzene rings is 1. The Morgan fingerprint density at radius 1 is 1.39 bits per heavy atom. The maximum Gasteiger partial charge on any atom is 0.244 e. The number of carbonyl (C=O) groups excluding carboxylic acids is 2. The fraction of sp³-hybridized carbons (Fsp3) is 0.429. The molecule has 0 radical (unpaired) electrons. The van der Waals surface area contributed by atoms with Gasteiger partial charge >= 0.3 is 0 Å². The van der Waals surface area contributed by atoms with Crippen molar-refractivity contribution < 1.29 is 9.59 Å². The van der Waals surface area contributed by atoms with Crippen LogP contribution >= 0.6 is 0 Å². The van der Waals surface area contributed by atoms with Crippen molar-refractivity contribution in [3.63, 3.8) is 0 Å². The molecule has 4 nitrogen and oxygen atoms in total. The Morgan fingerprint density at radius 3 is 2.72 bits per heavy atom. The molecule has 1 aromatic rings. The van der Waals surface area contributed by atoms with Crippen LogP contribution in [0.25, 0.3) is 0 Å². The van der Waals surface area contributed by atoms with E-state index in [1.165, 1.54) is 0 Å². The Morgan fingerprint density at radius 2 is 2.11 bits per heavy atom. The molecule has 1 atom stereocenters. The molecule has 0 spiro atoms. The summed E-state index contributed by atoms with van der Waals surface area (Å²) < 4.78 is 0. The van der Waals surface area contributed by atoms with Crippen LogP contribution in [-0.2, 0) is 16.0 Å². The van der Waals surface area contributed by atoms with Crippen LogP contribution in [-0.4, -0.2) is 36.3 Å². The lowest BCUT2D eigenvalue weighted by Gasteiger charge is -2.12. The van der Waals surface area contributed by atoms with Crippen molar-refractivity contribution in [2.75, 3.05) is 13.6 Å². The van der Waals surface area contributed by atoms with E-state index in [1.54, 1.807) is 11.9 Å². The first-order valence-corrected chi connectivity index (χ1v) is 6.25. The van der Waals surface area contributed by atoms with Crippen molar-refractivity contribution >= 4 is 11.8 Å². The first-order chi connectivity index (χ1) is 8.66. The molecule has 1 aliphatic heterocycles. The second-order valence-corrected chi connectivity index (χ2v) is 4.65. The lowest BCUT2D eigenvalue weighted by Crippen LogP contribution is -2.40. The van der Waals surface area contributed by atoms with Crippen molar-refractivity contribution in [3.05, 3.63) is 35.9 Å². The third kappa shape index (κ3) is 3.09. The number of likely N-dealkylation sites (tertiary alicyclic amines) is 1. The molecule has 96 valence electrons. The van der Waals surface area contributed by atoms with Crippen molar-refractivity contribution in [3.8, 4) is 0 Å². The van der Waals surface area contributed by atoms with Gasteiger partial charge in [-0.3, -0.25) is 9.59 Å². The molecule has 18 heavy (non-hydrogen) atoms. The molecule has 1 fully saturated rings. The third-order valence-electron chi connectivity index (χ3n) is 3.25. The van der Waals surface area contributed by atoms with Crippen molar-refractivity contribution in [2.24, 2.45) is 0 Å². The quantitative estimate of drug-likeness (QED) is 0.860. The zero-order valence-corrected chi connectivity index (χ0v) is 10.6. The monoisotopic (exact) mass is 246 g/mol. The molecule has 1 N–H and O–H groups in total. The average Bonchev–Trinajstić information content (AvgIpc) is 2.70. The number of amides is 2. The molecule has 0 bridgehead atoms. The molecule has 2 amide bonds. The second-order valence-electron chi connectivity index (χ2n) is 4.65. The van der Waals surface area contributed by atoms with Gasteiger partial charge < -0.3 is 10.2 Å². The van der Waals surface area contributed by atoms with Crippen LogP contribution in [0.15, 0.2) is 30.3 Å². The van der Waals surface area contributed by atoms with Gasteiger partial charge in [0.25, 0.3) is 0 Å². The summed E-state index contributed by atoms with van der Waals surface area (Å²) >= 11 is 0. The van der Waals surface area contributed by atoms with E-state index in [4.69, 9.17) is 0 Å². The number of hydrogen-bond donors (Lipinski definition) is 1. The van der Waals surface area contributed by atoms with Gasteiger partial charge in [0, 0.05) is 20.0 Å². The van der Waals surface area contributed by atoms with Gasteiger partial charge in [0.2, 0.25) is 11.8 Å². The summed E-state index contributed by atoms with van der Waals surface area (Å²) in [6, 6.07) is 9.56. The number of hydrogen-bond acceptors (Lipinski definition) is 2. The number of aryl methyl sites for hydroxylation is 1. The summed E-state index contributed by atoms with van der Waals surface area (Å²) in [5.74, 6) is -0.0319. The Kier molecular flexibility index (Phi) is 3.97. The van der Waals surface area contributed by atoms with E-state index in [-0.39, 0.29) is 17.9 Å². The van der Waals surface area contributed by atoms with Gasteiger partial charge in [0.15, 0.2) is 0 Å². The minimum atomic E-state index is -0.321. The Bertz CT molecular complexity index is 431.